The monoisotopic (exact) mass is 1120 g/mol. The van der Waals surface area contributed by atoms with Crippen molar-refractivity contribution in [2.24, 2.45) is 47.3 Å². The summed E-state index contributed by atoms with van der Waals surface area (Å²) < 4.78 is 78.3. The van der Waals surface area contributed by atoms with Crippen molar-refractivity contribution in [1.29, 1.82) is 0 Å². The van der Waals surface area contributed by atoms with Crippen LogP contribution in [0.2, 0.25) is 0 Å². The highest BCUT2D eigenvalue weighted by Crippen LogP contribution is 2.43. The van der Waals surface area contributed by atoms with E-state index in [1.165, 1.54) is 0 Å². The number of ether oxygens (including phenoxy) is 12. The third-order valence-electron chi connectivity index (χ3n) is 16.5. The Labute approximate surface area is 461 Å². The van der Waals surface area contributed by atoms with Crippen LogP contribution in [0.3, 0.4) is 0 Å². The van der Waals surface area contributed by atoms with Crippen molar-refractivity contribution in [1.82, 2.24) is 0 Å². The Morgan fingerprint density at radius 1 is 0.218 bits per heavy atom. The molecule has 22 fully saturated rings. The quantitative estimate of drug-likeness (QED) is 0.133. The lowest BCUT2D eigenvalue weighted by atomic mass is 9.85. The molecular formula is C56H100O22. The maximum absolute atomic E-state index is 12.2. The van der Waals surface area contributed by atoms with Crippen molar-refractivity contribution < 1.29 is 108 Å². The van der Waals surface area contributed by atoms with E-state index in [2.05, 4.69) is 0 Å². The lowest BCUT2D eigenvalue weighted by molar-refractivity contribution is -0.399. The molecule has 22 nitrogen and oxygen atoms in total. The molecular weight excluding hydrogens is 1020 g/mol. The van der Waals surface area contributed by atoms with Crippen molar-refractivity contribution in [3.63, 3.8) is 0 Å². The molecule has 12 bridgehead atoms. The first-order valence-electron chi connectivity index (χ1n) is 29.2. The van der Waals surface area contributed by atoms with Crippen LogP contribution in [-0.2, 0) is 56.8 Å². The molecule has 0 aliphatic carbocycles. The summed E-state index contributed by atoms with van der Waals surface area (Å²) in [5.41, 5.74) is 0. The normalized spacial score (nSPS) is 49.2. The minimum Gasteiger partial charge on any atom is -0.390 e. The average Bonchev–Trinajstić information content (AvgIpc) is 3.35. The fourth-order valence-electron chi connectivity index (χ4n) is 12.4. The number of aliphatic hydroxyl groups is 10. The van der Waals surface area contributed by atoms with Gasteiger partial charge in [-0.3, -0.25) is 0 Å². The molecule has 30 unspecified atom stereocenters. The van der Waals surface area contributed by atoms with E-state index >= 15 is 0 Å². The second-order valence-electron chi connectivity index (χ2n) is 26.3. The maximum atomic E-state index is 12.2. The van der Waals surface area contributed by atoms with Gasteiger partial charge in [-0.2, -0.15) is 0 Å². The van der Waals surface area contributed by atoms with Gasteiger partial charge in [0.25, 0.3) is 0 Å². The summed E-state index contributed by atoms with van der Waals surface area (Å²) in [6, 6.07) is 0. The molecule has 22 heteroatoms. The standard InChI is InChI=1S/C56H100O22/c1-21(2)15-29-45-27(13)36(58)52(68-29)75-47-31(17-23(5)6)70-54(42(64)37(47)59)77-49-33(19-25(9)10)72-56(44(66)39(49)61)78-50-34(20-26(11)12)71-55(43(65)40(50)62)76-48-32(18-24(7)8)69-53(41(63)38(48)60)74-46-30(16-22(3)4)67-51(73-45)28(14)35(46)57/h21-66H,15-20H2,1-14H3. The third-order valence-corrected chi connectivity index (χ3v) is 16.5. The van der Waals surface area contributed by atoms with Crippen LogP contribution in [0.1, 0.15) is 135 Å². The summed E-state index contributed by atoms with van der Waals surface area (Å²) >= 11 is 0. The summed E-state index contributed by atoms with van der Waals surface area (Å²) in [6.45, 7) is 26.9. The van der Waals surface area contributed by atoms with Crippen LogP contribution >= 0.6 is 0 Å². The minimum atomic E-state index is -1.83. The molecule has 10 N–H and O–H groups in total. The smallest absolute Gasteiger partial charge is 0.187 e. The fraction of sp³-hybridized carbons (Fsp3) is 1.00. The van der Waals surface area contributed by atoms with E-state index in [0.717, 1.165) is 0 Å². The molecule has 456 valence electrons. The van der Waals surface area contributed by atoms with Gasteiger partial charge in [-0.25, -0.2) is 0 Å². The Balaban J connectivity index is 1.27. The first kappa shape index (κ1) is 64.7. The Hall–Kier alpha value is -0.880. The highest BCUT2D eigenvalue weighted by molar-refractivity contribution is 5.01. The van der Waals surface area contributed by atoms with Gasteiger partial charge in [0, 0.05) is 11.8 Å². The second-order valence-corrected chi connectivity index (χ2v) is 26.3. The average molecular weight is 1130 g/mol. The van der Waals surface area contributed by atoms with Gasteiger partial charge in [-0.1, -0.05) is 96.9 Å². The van der Waals surface area contributed by atoms with Crippen molar-refractivity contribution in [2.45, 2.75) is 307 Å². The van der Waals surface area contributed by atoms with E-state index in [-0.39, 0.29) is 54.8 Å². The van der Waals surface area contributed by atoms with Gasteiger partial charge in [0.15, 0.2) is 37.7 Å². The second kappa shape index (κ2) is 27.4. The first-order valence-corrected chi connectivity index (χ1v) is 29.2. The molecule has 0 aromatic rings. The molecule has 30 atom stereocenters. The lowest BCUT2D eigenvalue weighted by Crippen LogP contribution is -2.67. The van der Waals surface area contributed by atoms with Crippen molar-refractivity contribution in [3.05, 3.63) is 0 Å². The molecule has 0 saturated carbocycles. The van der Waals surface area contributed by atoms with Crippen LogP contribution in [0.5, 0.6) is 0 Å². The zero-order chi connectivity index (χ0) is 57.5. The van der Waals surface area contributed by atoms with Crippen LogP contribution in [0.15, 0.2) is 0 Å². The molecule has 22 saturated heterocycles. The summed E-state index contributed by atoms with van der Waals surface area (Å²) in [4.78, 5) is 0. The summed E-state index contributed by atoms with van der Waals surface area (Å²) in [6.07, 6.45) is -36.3. The minimum absolute atomic E-state index is 0.0201. The Kier molecular flexibility index (Phi) is 22.8. The number of hydrogen-bond acceptors (Lipinski definition) is 22. The fourth-order valence-corrected chi connectivity index (χ4v) is 12.4. The van der Waals surface area contributed by atoms with Crippen molar-refractivity contribution >= 4 is 0 Å². The van der Waals surface area contributed by atoms with E-state index in [1.54, 1.807) is 13.8 Å². The van der Waals surface area contributed by atoms with Gasteiger partial charge in [0.2, 0.25) is 0 Å². The topological polar surface area (TPSA) is 313 Å². The SMILES string of the molecule is CC(C)CC1OC2OC3C(CC(C)C)OC(OC4C(CC(C)C)OC(OC5C(CC(C)C)OC(OC6C(CC(C)C)OC(OC7C(CC(C)C)OC(OC1C(C)C2O)C(C)C7O)C(O)C6O)C(O)C5O)C(O)C4O)C(O)C3O. The van der Waals surface area contributed by atoms with E-state index < -0.39 is 184 Å². The largest absolute Gasteiger partial charge is 0.390 e. The van der Waals surface area contributed by atoms with Gasteiger partial charge in [-0.05, 0) is 74.0 Å². The molecule has 0 aromatic heterocycles. The zero-order valence-corrected chi connectivity index (χ0v) is 48.4. The Bertz CT molecular complexity index is 1490. The Morgan fingerprint density at radius 2 is 0.410 bits per heavy atom. The molecule has 22 aliphatic rings. The zero-order valence-electron chi connectivity index (χ0n) is 48.4. The van der Waals surface area contributed by atoms with Gasteiger partial charge in [-0.15, -0.1) is 0 Å². The van der Waals surface area contributed by atoms with Crippen LogP contribution in [0.25, 0.3) is 0 Å². The molecule has 0 spiro atoms. The maximum Gasteiger partial charge on any atom is 0.187 e. The predicted octanol–water partition coefficient (Wildman–Crippen LogP) is 1.82. The van der Waals surface area contributed by atoms with Gasteiger partial charge in [0.1, 0.15) is 85.5 Å². The lowest BCUT2D eigenvalue weighted by Gasteiger charge is -2.52. The molecule has 22 rings (SSSR count). The van der Waals surface area contributed by atoms with Crippen LogP contribution in [0.4, 0.5) is 0 Å². The molecule has 0 aromatic carbocycles. The van der Waals surface area contributed by atoms with Gasteiger partial charge in [0.05, 0.1) is 48.8 Å². The first-order chi connectivity index (χ1) is 36.6. The highest BCUT2D eigenvalue weighted by Gasteiger charge is 2.58. The summed E-state index contributed by atoms with van der Waals surface area (Å²) in [7, 11) is 0. The summed E-state index contributed by atoms with van der Waals surface area (Å²) in [5, 5.41) is 120. The van der Waals surface area contributed by atoms with E-state index in [9.17, 15) is 51.1 Å². The van der Waals surface area contributed by atoms with Gasteiger partial charge >= 0.3 is 0 Å². The third kappa shape index (κ3) is 14.8. The van der Waals surface area contributed by atoms with E-state index in [0.29, 0.717) is 19.3 Å². The molecule has 22 aliphatic heterocycles. The molecule has 0 radical (unpaired) electrons. The summed E-state index contributed by atoms with van der Waals surface area (Å²) in [5.74, 6) is -1.61. The van der Waals surface area contributed by atoms with Crippen molar-refractivity contribution in [3.8, 4) is 0 Å². The number of aliphatic hydroxyl groups excluding tert-OH is 10. The number of hydrogen-bond donors (Lipinski definition) is 10. The molecule has 0 amide bonds. The van der Waals surface area contributed by atoms with Crippen LogP contribution in [-0.4, -0.2) is 223 Å². The highest BCUT2D eigenvalue weighted by atomic mass is 16.8. The van der Waals surface area contributed by atoms with Crippen LogP contribution < -0.4 is 0 Å². The van der Waals surface area contributed by atoms with Crippen molar-refractivity contribution in [2.75, 3.05) is 0 Å². The van der Waals surface area contributed by atoms with Gasteiger partial charge < -0.3 is 108 Å². The molecule has 78 heavy (non-hydrogen) atoms. The van der Waals surface area contributed by atoms with E-state index in [4.69, 9.17) is 56.8 Å². The number of rotatable bonds is 12. The Morgan fingerprint density at radius 3 is 0.654 bits per heavy atom. The predicted molar refractivity (Wildman–Crippen MR) is 276 cm³/mol. The van der Waals surface area contributed by atoms with Crippen LogP contribution in [0, 0.1) is 47.3 Å². The van der Waals surface area contributed by atoms with E-state index in [1.807, 2.05) is 83.1 Å². The molecule has 22 heterocycles.